The molecule has 0 aromatic heterocycles. The van der Waals surface area contributed by atoms with Gasteiger partial charge in [-0.25, -0.2) is 0 Å². The van der Waals surface area contributed by atoms with Crippen LogP contribution in [0.15, 0.2) is 23.4 Å². The molecule has 1 saturated heterocycles. The van der Waals surface area contributed by atoms with E-state index in [1.165, 1.54) is 12.1 Å². The molecular weight excluding hydrogens is 152 g/mol. The second kappa shape index (κ2) is 2.66. The number of nitrogens with two attached hydrogens (primary N) is 1. The van der Waals surface area contributed by atoms with Gasteiger partial charge in [0.15, 0.2) is 0 Å². The molecule has 1 amide bonds. The Hall–Kier alpha value is -1.25. The van der Waals surface area contributed by atoms with Gasteiger partial charge in [0, 0.05) is 24.4 Å². The number of hydrogen-bond donors (Lipinski definition) is 1. The van der Waals surface area contributed by atoms with Gasteiger partial charge in [-0.3, -0.25) is 4.79 Å². The third-order valence-corrected chi connectivity index (χ3v) is 2.41. The summed E-state index contributed by atoms with van der Waals surface area (Å²) in [5.74, 6) is -0.311. The third kappa shape index (κ3) is 1.11. The van der Waals surface area contributed by atoms with E-state index in [2.05, 4.69) is 4.90 Å². The van der Waals surface area contributed by atoms with Gasteiger partial charge in [0.2, 0.25) is 5.91 Å². The summed E-state index contributed by atoms with van der Waals surface area (Å²) in [5, 5.41) is 0. The monoisotopic (exact) mass is 164 g/mol. The predicted molar refractivity (Wildman–Crippen MR) is 46.2 cm³/mol. The van der Waals surface area contributed by atoms with Gasteiger partial charge in [-0.1, -0.05) is 6.08 Å². The summed E-state index contributed by atoms with van der Waals surface area (Å²) in [4.78, 5) is 13.1. The minimum Gasteiger partial charge on any atom is -0.371 e. The van der Waals surface area contributed by atoms with E-state index in [-0.39, 0.29) is 5.91 Å². The SMILES string of the molecule is NC(=O)C1=CCN2CCCC2=C1. The molecule has 0 unspecified atom stereocenters. The average Bonchev–Trinajstić information content (AvgIpc) is 2.49. The third-order valence-electron chi connectivity index (χ3n) is 2.41. The van der Waals surface area contributed by atoms with E-state index < -0.39 is 0 Å². The van der Waals surface area contributed by atoms with Crippen molar-refractivity contribution in [2.24, 2.45) is 5.73 Å². The van der Waals surface area contributed by atoms with E-state index in [0.717, 1.165) is 19.5 Å². The number of allylic oxidation sites excluding steroid dienone is 1. The van der Waals surface area contributed by atoms with Crippen molar-refractivity contribution in [3.63, 3.8) is 0 Å². The standard InChI is InChI=1S/C9H12N2O/c10-9(12)7-3-5-11-4-1-2-8(11)6-7/h3,6H,1-2,4-5H2,(H2,10,12). The number of fused-ring (bicyclic) bond motifs is 1. The fourth-order valence-electron chi connectivity index (χ4n) is 1.74. The predicted octanol–water partition coefficient (Wildman–Crippen LogP) is 0.391. The van der Waals surface area contributed by atoms with Crippen molar-refractivity contribution in [2.45, 2.75) is 12.8 Å². The summed E-state index contributed by atoms with van der Waals surface area (Å²) >= 11 is 0. The first-order chi connectivity index (χ1) is 5.77. The number of nitrogens with zero attached hydrogens (tertiary/aromatic N) is 1. The fourth-order valence-corrected chi connectivity index (χ4v) is 1.74. The van der Waals surface area contributed by atoms with Crippen molar-refractivity contribution in [3.05, 3.63) is 23.4 Å². The lowest BCUT2D eigenvalue weighted by Crippen LogP contribution is -2.24. The van der Waals surface area contributed by atoms with Crippen LogP contribution < -0.4 is 5.73 Å². The maximum Gasteiger partial charge on any atom is 0.248 e. The molecule has 2 N–H and O–H groups in total. The van der Waals surface area contributed by atoms with Crippen molar-refractivity contribution in [3.8, 4) is 0 Å². The van der Waals surface area contributed by atoms with Crippen molar-refractivity contribution in [1.29, 1.82) is 0 Å². The largest absolute Gasteiger partial charge is 0.371 e. The molecule has 0 saturated carbocycles. The van der Waals surface area contributed by atoms with Gasteiger partial charge >= 0.3 is 0 Å². The van der Waals surface area contributed by atoms with Crippen LogP contribution in [0.3, 0.4) is 0 Å². The molecule has 2 heterocycles. The van der Waals surface area contributed by atoms with Crippen LogP contribution in [0.25, 0.3) is 0 Å². The minimum absolute atomic E-state index is 0.311. The Kier molecular flexibility index (Phi) is 1.64. The Bertz CT molecular complexity index is 278. The second-order valence-electron chi connectivity index (χ2n) is 3.21. The van der Waals surface area contributed by atoms with Crippen molar-refractivity contribution < 1.29 is 4.79 Å². The second-order valence-corrected chi connectivity index (χ2v) is 3.21. The number of carbonyl (C=O) groups is 1. The summed E-state index contributed by atoms with van der Waals surface area (Å²) < 4.78 is 0. The zero-order valence-electron chi connectivity index (χ0n) is 6.92. The summed E-state index contributed by atoms with van der Waals surface area (Å²) in [6.45, 7) is 1.97. The van der Waals surface area contributed by atoms with Crippen LogP contribution in [-0.2, 0) is 4.79 Å². The van der Waals surface area contributed by atoms with Crippen molar-refractivity contribution in [2.75, 3.05) is 13.1 Å². The van der Waals surface area contributed by atoms with Crippen LogP contribution in [-0.4, -0.2) is 23.9 Å². The van der Waals surface area contributed by atoms with E-state index in [1.54, 1.807) is 0 Å². The number of hydrogen-bond acceptors (Lipinski definition) is 2. The first-order valence-electron chi connectivity index (χ1n) is 4.23. The molecule has 0 bridgehead atoms. The van der Waals surface area contributed by atoms with Crippen LogP contribution in [0.4, 0.5) is 0 Å². The van der Waals surface area contributed by atoms with Gasteiger partial charge < -0.3 is 10.6 Å². The smallest absolute Gasteiger partial charge is 0.248 e. The Morgan fingerprint density at radius 1 is 1.58 bits per heavy atom. The van der Waals surface area contributed by atoms with E-state index in [1.807, 2.05) is 12.2 Å². The van der Waals surface area contributed by atoms with E-state index in [9.17, 15) is 4.79 Å². The molecule has 0 aromatic carbocycles. The van der Waals surface area contributed by atoms with Crippen LogP contribution >= 0.6 is 0 Å². The molecule has 64 valence electrons. The van der Waals surface area contributed by atoms with E-state index in [4.69, 9.17) is 5.73 Å². The Morgan fingerprint density at radius 2 is 2.42 bits per heavy atom. The molecule has 0 spiro atoms. The highest BCUT2D eigenvalue weighted by Gasteiger charge is 2.20. The maximum atomic E-state index is 10.8. The maximum absolute atomic E-state index is 10.8. The normalized spacial score (nSPS) is 21.5. The minimum atomic E-state index is -0.311. The summed E-state index contributed by atoms with van der Waals surface area (Å²) in [6, 6.07) is 0. The van der Waals surface area contributed by atoms with E-state index in [0.29, 0.717) is 5.57 Å². The summed E-state index contributed by atoms with van der Waals surface area (Å²) in [6.07, 6.45) is 6.10. The van der Waals surface area contributed by atoms with Crippen molar-refractivity contribution >= 4 is 5.91 Å². The highest BCUT2D eigenvalue weighted by atomic mass is 16.1. The van der Waals surface area contributed by atoms with Crippen LogP contribution in [0, 0.1) is 0 Å². The number of carbonyl (C=O) groups excluding carboxylic acids is 1. The highest BCUT2D eigenvalue weighted by molar-refractivity contribution is 5.95. The topological polar surface area (TPSA) is 46.3 Å². The average molecular weight is 164 g/mol. The van der Waals surface area contributed by atoms with Gasteiger partial charge in [-0.2, -0.15) is 0 Å². The lowest BCUT2D eigenvalue weighted by molar-refractivity contribution is -0.114. The lowest BCUT2D eigenvalue weighted by Gasteiger charge is -2.21. The van der Waals surface area contributed by atoms with E-state index >= 15 is 0 Å². The quantitative estimate of drug-likeness (QED) is 0.609. The summed E-state index contributed by atoms with van der Waals surface area (Å²) in [5.41, 5.74) is 7.12. The van der Waals surface area contributed by atoms with Gasteiger partial charge in [0.05, 0.1) is 0 Å². The molecule has 2 aliphatic heterocycles. The number of rotatable bonds is 1. The molecule has 12 heavy (non-hydrogen) atoms. The van der Waals surface area contributed by atoms with Crippen LogP contribution in [0.1, 0.15) is 12.8 Å². The molecule has 0 aliphatic carbocycles. The summed E-state index contributed by atoms with van der Waals surface area (Å²) in [7, 11) is 0. The fraction of sp³-hybridized carbons (Fsp3) is 0.444. The zero-order valence-corrected chi connectivity index (χ0v) is 6.92. The first kappa shape index (κ1) is 7.40. The highest BCUT2D eigenvalue weighted by Crippen LogP contribution is 2.25. The zero-order chi connectivity index (χ0) is 8.55. The van der Waals surface area contributed by atoms with Gasteiger partial charge in [0.1, 0.15) is 0 Å². The van der Waals surface area contributed by atoms with Crippen molar-refractivity contribution in [1.82, 2.24) is 4.90 Å². The molecule has 0 radical (unpaired) electrons. The Morgan fingerprint density at radius 3 is 3.17 bits per heavy atom. The Labute approximate surface area is 71.5 Å². The van der Waals surface area contributed by atoms with Crippen LogP contribution in [0.2, 0.25) is 0 Å². The molecule has 3 heteroatoms. The molecular formula is C9H12N2O. The lowest BCUT2D eigenvalue weighted by atomic mass is 10.1. The Balaban J connectivity index is 2.22. The van der Waals surface area contributed by atoms with Crippen LogP contribution in [0.5, 0.6) is 0 Å². The molecule has 3 nitrogen and oxygen atoms in total. The first-order valence-corrected chi connectivity index (χ1v) is 4.23. The molecule has 1 fully saturated rings. The van der Waals surface area contributed by atoms with Gasteiger partial charge in [-0.15, -0.1) is 0 Å². The molecule has 2 aliphatic rings. The molecule has 0 atom stereocenters. The van der Waals surface area contributed by atoms with Gasteiger partial charge in [-0.05, 0) is 18.9 Å². The molecule has 0 aromatic rings. The number of amides is 1. The molecule has 2 rings (SSSR count). The van der Waals surface area contributed by atoms with Gasteiger partial charge in [0.25, 0.3) is 0 Å². The number of primary amides is 1.